The van der Waals surface area contributed by atoms with Gasteiger partial charge >= 0.3 is 6.01 Å². The number of halogens is 2. The van der Waals surface area contributed by atoms with Crippen molar-refractivity contribution in [2.24, 2.45) is 5.92 Å². The number of carbonyl (C=O) groups excluding carboxylic acids is 1. The molecule has 0 aliphatic carbocycles. The second kappa shape index (κ2) is 9.60. The van der Waals surface area contributed by atoms with Crippen molar-refractivity contribution >= 4 is 11.6 Å². The zero-order valence-electron chi connectivity index (χ0n) is 18.1. The summed E-state index contributed by atoms with van der Waals surface area (Å²) >= 11 is 0. The van der Waals surface area contributed by atoms with Gasteiger partial charge in [-0.3, -0.25) is 4.79 Å². The van der Waals surface area contributed by atoms with Gasteiger partial charge in [0, 0.05) is 16.8 Å². The Hall–Kier alpha value is -4.07. The molecule has 1 heterocycles. The fourth-order valence-electron chi connectivity index (χ4n) is 3.08. The molecule has 1 aromatic heterocycles. The van der Waals surface area contributed by atoms with Crippen molar-refractivity contribution < 1.29 is 18.3 Å². The zero-order valence-corrected chi connectivity index (χ0v) is 18.1. The molecule has 33 heavy (non-hydrogen) atoms. The largest absolute Gasteiger partial charge is 0.462 e. The Morgan fingerprint density at radius 2 is 1.67 bits per heavy atom. The zero-order chi connectivity index (χ0) is 23.4. The number of anilines is 1. The highest BCUT2D eigenvalue weighted by Gasteiger charge is 2.16. The Kier molecular flexibility index (Phi) is 6.44. The van der Waals surface area contributed by atoms with Crippen LogP contribution in [0.5, 0.6) is 6.01 Å². The highest BCUT2D eigenvalue weighted by atomic mass is 19.1. The number of hydrogen-bond acceptors (Lipinski definition) is 4. The maximum absolute atomic E-state index is 13.4. The van der Waals surface area contributed by atoms with Crippen LogP contribution in [0.2, 0.25) is 0 Å². The summed E-state index contributed by atoms with van der Waals surface area (Å²) in [7, 11) is 0. The van der Waals surface area contributed by atoms with Gasteiger partial charge < -0.3 is 10.1 Å². The van der Waals surface area contributed by atoms with Gasteiger partial charge in [-0.2, -0.15) is 4.98 Å². The van der Waals surface area contributed by atoms with Crippen LogP contribution in [0.3, 0.4) is 0 Å². The first-order valence-corrected chi connectivity index (χ1v) is 10.4. The Labute approximate surface area is 189 Å². The molecule has 0 radical (unpaired) electrons. The van der Waals surface area contributed by atoms with Crippen molar-refractivity contribution in [3.8, 4) is 23.1 Å². The molecule has 0 saturated carbocycles. The summed E-state index contributed by atoms with van der Waals surface area (Å²) in [6.45, 7) is 4.48. The summed E-state index contributed by atoms with van der Waals surface area (Å²) in [4.78, 5) is 17.0. The van der Waals surface area contributed by atoms with E-state index >= 15 is 0 Å². The number of nitrogens with one attached hydrogen (secondary N) is 1. The Balaban J connectivity index is 1.66. The van der Waals surface area contributed by atoms with E-state index in [1.54, 1.807) is 35.0 Å². The molecular weight excluding hydrogens is 426 g/mol. The molecule has 0 aliphatic heterocycles. The van der Waals surface area contributed by atoms with Gasteiger partial charge in [-0.25, -0.2) is 13.5 Å². The summed E-state index contributed by atoms with van der Waals surface area (Å²) in [6, 6.07) is 18.4. The fraction of sp³-hybridized carbons (Fsp3) is 0.160. The van der Waals surface area contributed by atoms with Crippen LogP contribution in [0.4, 0.5) is 14.5 Å². The lowest BCUT2D eigenvalue weighted by Crippen LogP contribution is -2.12. The molecular formula is C25H22F2N4O2. The number of carbonyl (C=O) groups is 1. The third-order valence-electron chi connectivity index (χ3n) is 4.69. The molecule has 0 atom stereocenters. The number of rotatable bonds is 7. The molecule has 168 valence electrons. The Morgan fingerprint density at radius 1 is 1.00 bits per heavy atom. The lowest BCUT2D eigenvalue weighted by atomic mass is 10.2. The smallest absolute Gasteiger partial charge is 0.336 e. The van der Waals surface area contributed by atoms with Crippen molar-refractivity contribution in [1.82, 2.24) is 14.8 Å². The average Bonchev–Trinajstić information content (AvgIpc) is 3.23. The number of ether oxygens (including phenoxy) is 1. The van der Waals surface area contributed by atoms with E-state index in [9.17, 15) is 13.6 Å². The maximum Gasteiger partial charge on any atom is 0.336 e. The number of aromatic nitrogens is 3. The Morgan fingerprint density at radius 3 is 2.33 bits per heavy atom. The van der Waals surface area contributed by atoms with Crippen LogP contribution < -0.4 is 10.1 Å². The molecule has 6 nitrogen and oxygen atoms in total. The number of hydrogen-bond donors (Lipinski definition) is 1. The van der Waals surface area contributed by atoms with Crippen LogP contribution in [0.25, 0.3) is 17.1 Å². The number of amides is 1. The first-order chi connectivity index (χ1) is 15.9. The third kappa shape index (κ3) is 5.41. The summed E-state index contributed by atoms with van der Waals surface area (Å²) in [6.07, 6.45) is 0. The van der Waals surface area contributed by atoms with E-state index in [1.807, 2.05) is 19.9 Å². The molecule has 0 fully saturated rings. The van der Waals surface area contributed by atoms with Gasteiger partial charge in [0.25, 0.3) is 5.91 Å². The van der Waals surface area contributed by atoms with E-state index in [-0.39, 0.29) is 23.7 Å². The van der Waals surface area contributed by atoms with Gasteiger partial charge in [-0.1, -0.05) is 19.9 Å². The summed E-state index contributed by atoms with van der Waals surface area (Å²) in [5, 5.41) is 7.27. The van der Waals surface area contributed by atoms with Crippen molar-refractivity contribution in [2.75, 3.05) is 11.9 Å². The molecule has 4 rings (SSSR count). The molecule has 0 unspecified atom stereocenters. The van der Waals surface area contributed by atoms with Crippen molar-refractivity contribution in [3.05, 3.63) is 90.0 Å². The molecule has 0 aliphatic rings. The molecule has 0 spiro atoms. The molecule has 1 amide bonds. The standard InChI is InChI=1S/C25H22F2N4O2/c1-16(2)15-33-25-29-23(17-6-10-19(26)11-7-17)31(30-25)22-5-3-4-21(14-22)28-24(32)18-8-12-20(27)13-9-18/h3-14,16H,15H2,1-2H3,(H,28,32). The predicted molar refractivity (Wildman–Crippen MR) is 121 cm³/mol. The van der Waals surface area contributed by atoms with E-state index < -0.39 is 5.82 Å². The second-order valence-corrected chi connectivity index (χ2v) is 7.85. The minimum Gasteiger partial charge on any atom is -0.462 e. The molecule has 4 aromatic rings. The monoisotopic (exact) mass is 448 g/mol. The topological polar surface area (TPSA) is 69.0 Å². The third-order valence-corrected chi connectivity index (χ3v) is 4.69. The van der Waals surface area contributed by atoms with Gasteiger partial charge in [-0.15, -0.1) is 5.10 Å². The summed E-state index contributed by atoms with van der Waals surface area (Å²) < 4.78 is 33.9. The lowest BCUT2D eigenvalue weighted by Gasteiger charge is -2.09. The minimum absolute atomic E-state index is 0.198. The normalized spacial score (nSPS) is 10.9. The second-order valence-electron chi connectivity index (χ2n) is 7.85. The average molecular weight is 448 g/mol. The highest BCUT2D eigenvalue weighted by molar-refractivity contribution is 6.04. The SMILES string of the molecule is CC(C)COc1nc(-c2ccc(F)cc2)n(-c2cccc(NC(=O)c3ccc(F)cc3)c2)n1. The first-order valence-electron chi connectivity index (χ1n) is 10.4. The van der Waals surface area contributed by atoms with Crippen LogP contribution in [0.1, 0.15) is 24.2 Å². The summed E-state index contributed by atoms with van der Waals surface area (Å²) in [5.74, 6) is -0.382. The van der Waals surface area contributed by atoms with Gasteiger partial charge in [0.1, 0.15) is 11.6 Å². The van der Waals surface area contributed by atoms with Gasteiger partial charge in [0.2, 0.25) is 0 Å². The minimum atomic E-state index is -0.413. The molecule has 3 aromatic carbocycles. The number of benzene rings is 3. The van der Waals surface area contributed by atoms with E-state index in [0.717, 1.165) is 0 Å². The van der Waals surface area contributed by atoms with E-state index in [2.05, 4.69) is 15.4 Å². The van der Waals surface area contributed by atoms with Crippen LogP contribution in [0, 0.1) is 17.6 Å². The predicted octanol–water partition coefficient (Wildman–Crippen LogP) is 5.50. The fourth-order valence-corrected chi connectivity index (χ4v) is 3.08. The van der Waals surface area contributed by atoms with Crippen molar-refractivity contribution in [1.29, 1.82) is 0 Å². The van der Waals surface area contributed by atoms with Crippen molar-refractivity contribution in [3.63, 3.8) is 0 Å². The maximum atomic E-state index is 13.4. The quantitative estimate of drug-likeness (QED) is 0.405. The van der Waals surface area contributed by atoms with Gasteiger partial charge in [0.15, 0.2) is 5.82 Å². The van der Waals surface area contributed by atoms with E-state index in [1.165, 1.54) is 36.4 Å². The molecule has 0 bridgehead atoms. The van der Waals surface area contributed by atoms with Gasteiger partial charge in [-0.05, 0) is 72.6 Å². The van der Waals surface area contributed by atoms with E-state index in [0.29, 0.717) is 34.9 Å². The number of nitrogens with zero attached hydrogens (tertiary/aromatic N) is 3. The van der Waals surface area contributed by atoms with Crippen LogP contribution >= 0.6 is 0 Å². The van der Waals surface area contributed by atoms with E-state index in [4.69, 9.17) is 4.74 Å². The highest BCUT2D eigenvalue weighted by Crippen LogP contribution is 2.25. The van der Waals surface area contributed by atoms with Crippen LogP contribution in [-0.4, -0.2) is 27.3 Å². The molecule has 0 saturated heterocycles. The van der Waals surface area contributed by atoms with Crippen molar-refractivity contribution in [2.45, 2.75) is 13.8 Å². The first kappa shape index (κ1) is 22.1. The van der Waals surface area contributed by atoms with Crippen LogP contribution in [0.15, 0.2) is 72.8 Å². The summed E-state index contributed by atoms with van der Waals surface area (Å²) in [5.41, 5.74) is 2.13. The van der Waals surface area contributed by atoms with Crippen LogP contribution in [-0.2, 0) is 0 Å². The molecule has 8 heteroatoms. The Bertz CT molecular complexity index is 1250. The molecule has 1 N–H and O–H groups in total. The lowest BCUT2D eigenvalue weighted by molar-refractivity contribution is 0.102. The van der Waals surface area contributed by atoms with Gasteiger partial charge in [0.05, 0.1) is 12.3 Å².